The predicted octanol–water partition coefficient (Wildman–Crippen LogP) is 2.73. The van der Waals surface area contributed by atoms with Crippen LogP contribution in [0.5, 0.6) is 0 Å². The smallest absolute Gasteiger partial charge is 0.0965 e. The van der Waals surface area contributed by atoms with E-state index in [1.165, 1.54) is 0 Å². The fourth-order valence-electron chi connectivity index (χ4n) is 1.37. The second kappa shape index (κ2) is 5.23. The zero-order valence-electron chi connectivity index (χ0n) is 10.00. The first kappa shape index (κ1) is 12.0. The number of anilines is 1. The average molecular weight is 248 g/mol. The first-order valence-corrected chi connectivity index (χ1v) is 6.52. The SMILES string of the molecule is CC(C)n1ccc(CSc2ccc(N)cn2)n1. The minimum atomic E-state index is 0.406. The Morgan fingerprint density at radius 2 is 2.18 bits per heavy atom. The summed E-state index contributed by atoms with van der Waals surface area (Å²) < 4.78 is 1.96. The van der Waals surface area contributed by atoms with Gasteiger partial charge in [-0.1, -0.05) is 11.8 Å². The van der Waals surface area contributed by atoms with Crippen molar-refractivity contribution in [1.82, 2.24) is 14.8 Å². The molecule has 0 aliphatic heterocycles. The molecule has 2 N–H and O–H groups in total. The number of nitrogens with two attached hydrogens (primary N) is 1. The molecule has 0 atom stereocenters. The van der Waals surface area contributed by atoms with E-state index in [0.29, 0.717) is 11.7 Å². The van der Waals surface area contributed by atoms with E-state index in [4.69, 9.17) is 5.73 Å². The lowest BCUT2D eigenvalue weighted by atomic mass is 10.4. The number of thioether (sulfide) groups is 1. The van der Waals surface area contributed by atoms with Gasteiger partial charge >= 0.3 is 0 Å². The Morgan fingerprint density at radius 3 is 2.76 bits per heavy atom. The fraction of sp³-hybridized carbons (Fsp3) is 0.333. The van der Waals surface area contributed by atoms with Gasteiger partial charge in [-0.25, -0.2) is 4.98 Å². The lowest BCUT2D eigenvalue weighted by Crippen LogP contribution is -2.01. The Hall–Kier alpha value is -1.49. The summed E-state index contributed by atoms with van der Waals surface area (Å²) in [4.78, 5) is 4.24. The monoisotopic (exact) mass is 248 g/mol. The van der Waals surface area contributed by atoms with Crippen LogP contribution in [0.25, 0.3) is 0 Å². The second-order valence-electron chi connectivity index (χ2n) is 4.10. The van der Waals surface area contributed by atoms with Crippen LogP contribution < -0.4 is 5.73 Å². The fourth-order valence-corrected chi connectivity index (χ4v) is 2.11. The normalized spacial score (nSPS) is 11.0. The summed E-state index contributed by atoms with van der Waals surface area (Å²) in [6.07, 6.45) is 3.69. The van der Waals surface area contributed by atoms with Gasteiger partial charge in [-0.05, 0) is 32.0 Å². The molecule has 0 unspecified atom stereocenters. The molecule has 0 spiro atoms. The maximum absolute atomic E-state index is 5.58. The lowest BCUT2D eigenvalue weighted by molar-refractivity contribution is 0.529. The molecule has 4 nitrogen and oxygen atoms in total. The van der Waals surface area contributed by atoms with Gasteiger partial charge in [-0.2, -0.15) is 5.10 Å². The number of rotatable bonds is 4. The zero-order chi connectivity index (χ0) is 12.3. The van der Waals surface area contributed by atoms with Crippen molar-refractivity contribution >= 4 is 17.4 Å². The molecule has 0 aliphatic rings. The second-order valence-corrected chi connectivity index (χ2v) is 5.09. The van der Waals surface area contributed by atoms with E-state index in [2.05, 4.69) is 23.9 Å². The highest BCUT2D eigenvalue weighted by Gasteiger charge is 2.03. The molecule has 0 bridgehead atoms. The van der Waals surface area contributed by atoms with Gasteiger partial charge < -0.3 is 5.73 Å². The summed E-state index contributed by atoms with van der Waals surface area (Å²) in [5, 5.41) is 5.46. The van der Waals surface area contributed by atoms with Crippen molar-refractivity contribution in [3.05, 3.63) is 36.3 Å². The van der Waals surface area contributed by atoms with Gasteiger partial charge in [0.2, 0.25) is 0 Å². The van der Waals surface area contributed by atoms with Crippen molar-refractivity contribution in [3.63, 3.8) is 0 Å². The maximum Gasteiger partial charge on any atom is 0.0965 e. The van der Waals surface area contributed by atoms with Crippen LogP contribution in [0.15, 0.2) is 35.6 Å². The van der Waals surface area contributed by atoms with Gasteiger partial charge in [0.1, 0.15) is 0 Å². The minimum Gasteiger partial charge on any atom is -0.397 e. The first-order chi connectivity index (χ1) is 8.15. The third-order valence-corrected chi connectivity index (χ3v) is 3.30. The van der Waals surface area contributed by atoms with Gasteiger partial charge in [0.15, 0.2) is 0 Å². The highest BCUT2D eigenvalue weighted by Crippen LogP contribution is 2.20. The van der Waals surface area contributed by atoms with Crippen molar-refractivity contribution in [2.75, 3.05) is 5.73 Å². The molecule has 0 aliphatic carbocycles. The van der Waals surface area contributed by atoms with Gasteiger partial charge in [-0.3, -0.25) is 4.68 Å². The van der Waals surface area contributed by atoms with Crippen LogP contribution >= 0.6 is 11.8 Å². The summed E-state index contributed by atoms with van der Waals surface area (Å²) in [6, 6.07) is 6.25. The Bertz CT molecular complexity index is 476. The molecule has 0 saturated heterocycles. The molecule has 2 aromatic heterocycles. The highest BCUT2D eigenvalue weighted by molar-refractivity contribution is 7.98. The van der Waals surface area contributed by atoms with E-state index in [1.54, 1.807) is 18.0 Å². The van der Waals surface area contributed by atoms with Crippen molar-refractivity contribution in [2.45, 2.75) is 30.7 Å². The topological polar surface area (TPSA) is 56.7 Å². The quantitative estimate of drug-likeness (QED) is 0.845. The molecule has 0 fully saturated rings. The standard InChI is InChI=1S/C12H16N4S/c1-9(2)16-6-5-11(15-16)8-17-12-4-3-10(13)7-14-12/h3-7,9H,8,13H2,1-2H3. The van der Waals surface area contributed by atoms with Crippen molar-refractivity contribution in [2.24, 2.45) is 0 Å². The summed E-state index contributed by atoms with van der Waals surface area (Å²) in [5.41, 5.74) is 7.35. The molecule has 17 heavy (non-hydrogen) atoms. The molecule has 0 aromatic carbocycles. The molecule has 0 amide bonds. The summed E-state index contributed by atoms with van der Waals surface area (Å²) in [7, 11) is 0. The molecule has 0 radical (unpaired) electrons. The molecule has 0 saturated carbocycles. The maximum atomic E-state index is 5.58. The van der Waals surface area contributed by atoms with E-state index in [-0.39, 0.29) is 0 Å². The van der Waals surface area contributed by atoms with Gasteiger partial charge in [0.25, 0.3) is 0 Å². The Morgan fingerprint density at radius 1 is 1.35 bits per heavy atom. The van der Waals surface area contributed by atoms with Gasteiger partial charge in [-0.15, -0.1) is 0 Å². The van der Waals surface area contributed by atoms with Crippen molar-refractivity contribution < 1.29 is 0 Å². The first-order valence-electron chi connectivity index (χ1n) is 5.53. The lowest BCUT2D eigenvalue weighted by Gasteiger charge is -2.03. The van der Waals surface area contributed by atoms with Crippen LogP contribution in [0.3, 0.4) is 0 Å². The molecular formula is C12H16N4S. The van der Waals surface area contributed by atoms with Crippen molar-refractivity contribution in [1.29, 1.82) is 0 Å². The molecule has 5 heteroatoms. The molecular weight excluding hydrogens is 232 g/mol. The van der Waals surface area contributed by atoms with Gasteiger partial charge in [0, 0.05) is 18.0 Å². The van der Waals surface area contributed by atoms with Crippen LogP contribution in [-0.2, 0) is 5.75 Å². The molecule has 2 heterocycles. The van der Waals surface area contributed by atoms with Crippen LogP contribution in [0.2, 0.25) is 0 Å². The third kappa shape index (κ3) is 3.23. The van der Waals surface area contributed by atoms with E-state index in [1.807, 2.05) is 29.1 Å². The number of nitrogen functional groups attached to an aromatic ring is 1. The number of nitrogens with zero attached hydrogens (tertiary/aromatic N) is 3. The number of hydrogen-bond donors (Lipinski definition) is 1. The summed E-state index contributed by atoms with van der Waals surface area (Å²) in [6.45, 7) is 4.23. The molecule has 90 valence electrons. The zero-order valence-corrected chi connectivity index (χ0v) is 10.8. The summed E-state index contributed by atoms with van der Waals surface area (Å²) in [5.74, 6) is 0.830. The number of hydrogen-bond acceptors (Lipinski definition) is 4. The Kier molecular flexibility index (Phi) is 3.68. The van der Waals surface area contributed by atoms with Crippen LogP contribution in [-0.4, -0.2) is 14.8 Å². The summed E-state index contributed by atoms with van der Waals surface area (Å²) >= 11 is 1.66. The van der Waals surface area contributed by atoms with Crippen LogP contribution in [0, 0.1) is 0 Å². The third-order valence-electron chi connectivity index (χ3n) is 2.32. The molecule has 2 rings (SSSR count). The number of pyridine rings is 1. The number of aromatic nitrogens is 3. The van der Waals surface area contributed by atoms with Crippen LogP contribution in [0.4, 0.5) is 5.69 Å². The predicted molar refractivity (Wildman–Crippen MR) is 70.8 cm³/mol. The van der Waals surface area contributed by atoms with E-state index in [0.717, 1.165) is 16.5 Å². The van der Waals surface area contributed by atoms with Crippen molar-refractivity contribution in [3.8, 4) is 0 Å². The molecule has 2 aromatic rings. The Labute approximate surface area is 105 Å². The van der Waals surface area contributed by atoms with Crippen LogP contribution in [0.1, 0.15) is 25.6 Å². The average Bonchev–Trinajstić information content (AvgIpc) is 2.77. The largest absolute Gasteiger partial charge is 0.397 e. The Balaban J connectivity index is 1.95. The van der Waals surface area contributed by atoms with E-state index >= 15 is 0 Å². The van der Waals surface area contributed by atoms with Gasteiger partial charge in [0.05, 0.1) is 22.6 Å². The van der Waals surface area contributed by atoms with E-state index in [9.17, 15) is 0 Å². The highest BCUT2D eigenvalue weighted by atomic mass is 32.2. The minimum absolute atomic E-state index is 0.406. The van der Waals surface area contributed by atoms with E-state index < -0.39 is 0 Å².